The lowest BCUT2D eigenvalue weighted by atomic mass is 9.90. The van der Waals surface area contributed by atoms with E-state index < -0.39 is 23.6 Å². The number of nitrogens with zero attached hydrogens (tertiary/aromatic N) is 1. The van der Waals surface area contributed by atoms with Gasteiger partial charge in [-0.05, 0) is 84.8 Å². The van der Waals surface area contributed by atoms with E-state index in [1.54, 1.807) is 41.3 Å². The predicted octanol–water partition coefficient (Wildman–Crippen LogP) is 5.24. The number of halogens is 1. The van der Waals surface area contributed by atoms with E-state index in [9.17, 15) is 18.8 Å². The normalized spacial score (nSPS) is 18.6. The molecule has 0 spiro atoms. The van der Waals surface area contributed by atoms with Crippen LogP contribution in [-0.4, -0.2) is 40.4 Å². The van der Waals surface area contributed by atoms with Crippen LogP contribution in [0.4, 0.5) is 10.1 Å². The number of β-lactam (4-membered cyclic amide) rings is 1. The van der Waals surface area contributed by atoms with E-state index in [1.807, 2.05) is 18.2 Å². The average Bonchev–Trinajstić information content (AvgIpc) is 2.91. The van der Waals surface area contributed by atoms with Crippen molar-refractivity contribution in [3.8, 4) is 5.75 Å². The highest BCUT2D eigenvalue weighted by molar-refractivity contribution is 8.01. The number of rotatable bonds is 9. The highest BCUT2D eigenvalue weighted by Crippen LogP contribution is 2.45. The minimum atomic E-state index is -1.07. The van der Waals surface area contributed by atoms with Gasteiger partial charge in [0.05, 0.1) is 11.8 Å². The van der Waals surface area contributed by atoms with Gasteiger partial charge < -0.3 is 14.7 Å². The number of carbonyl (C=O) groups is 3. The van der Waals surface area contributed by atoms with Gasteiger partial charge in [0.1, 0.15) is 16.8 Å². The van der Waals surface area contributed by atoms with Crippen LogP contribution in [0.1, 0.15) is 45.9 Å². The van der Waals surface area contributed by atoms with Gasteiger partial charge in [-0.25, -0.2) is 9.18 Å². The maximum atomic E-state index is 13.5. The van der Waals surface area contributed by atoms with E-state index in [-0.39, 0.29) is 23.5 Å². The molecule has 0 radical (unpaired) electrons. The average molecular weight is 520 g/mol. The number of benzene rings is 3. The second-order valence-corrected chi connectivity index (χ2v) is 10.4. The van der Waals surface area contributed by atoms with Crippen LogP contribution in [0.3, 0.4) is 0 Å². The van der Waals surface area contributed by atoms with Crippen molar-refractivity contribution in [2.75, 3.05) is 17.3 Å². The maximum Gasteiger partial charge on any atom is 0.341 e. The number of hydrogen-bond donors (Lipinski definition) is 1. The van der Waals surface area contributed by atoms with Gasteiger partial charge in [0.15, 0.2) is 12.4 Å². The van der Waals surface area contributed by atoms with Gasteiger partial charge in [-0.1, -0.05) is 24.3 Å². The molecule has 5 rings (SSSR count). The first-order valence-corrected chi connectivity index (χ1v) is 13.3. The number of thioether (sulfide) groups is 1. The third kappa shape index (κ3) is 5.39. The molecule has 3 aromatic rings. The molecule has 37 heavy (non-hydrogen) atoms. The number of ketones is 1. The third-order valence-corrected chi connectivity index (χ3v) is 8.05. The lowest BCUT2D eigenvalue weighted by Crippen LogP contribution is -2.57. The molecular weight excluding hydrogens is 493 g/mol. The number of hydrogen-bond acceptors (Lipinski definition) is 5. The van der Waals surface area contributed by atoms with Gasteiger partial charge in [0.2, 0.25) is 5.91 Å². The minimum absolute atomic E-state index is 0.0115. The summed E-state index contributed by atoms with van der Waals surface area (Å²) in [7, 11) is 0. The zero-order valence-corrected chi connectivity index (χ0v) is 20.9. The van der Waals surface area contributed by atoms with Crippen LogP contribution in [0.25, 0.3) is 0 Å². The Morgan fingerprint density at radius 3 is 2.38 bits per heavy atom. The maximum absolute atomic E-state index is 13.5. The quantitative estimate of drug-likeness (QED) is 0.308. The molecule has 1 amide bonds. The van der Waals surface area contributed by atoms with Crippen LogP contribution in [0.15, 0.2) is 66.7 Å². The molecule has 1 aliphatic heterocycles. The van der Waals surface area contributed by atoms with Crippen molar-refractivity contribution >= 4 is 35.1 Å². The number of aryl methyl sites for hydroxylation is 2. The number of aliphatic carboxylic acids is 1. The van der Waals surface area contributed by atoms with Crippen LogP contribution in [0.2, 0.25) is 0 Å². The molecule has 0 saturated carbocycles. The highest BCUT2D eigenvalue weighted by Gasteiger charge is 2.49. The molecule has 2 atom stereocenters. The zero-order valence-electron chi connectivity index (χ0n) is 20.1. The summed E-state index contributed by atoms with van der Waals surface area (Å²) in [5.74, 6) is -1.06. The van der Waals surface area contributed by atoms with Gasteiger partial charge in [-0.15, -0.1) is 11.8 Å². The van der Waals surface area contributed by atoms with E-state index in [4.69, 9.17) is 9.84 Å². The summed E-state index contributed by atoms with van der Waals surface area (Å²) < 4.78 is 18.7. The number of ether oxygens (including phenoxy) is 1. The van der Waals surface area contributed by atoms with E-state index in [0.717, 1.165) is 24.8 Å². The summed E-state index contributed by atoms with van der Waals surface area (Å²) in [5.41, 5.74) is 4.61. The molecule has 190 valence electrons. The Balaban J connectivity index is 1.34. The number of anilines is 1. The number of fused-ring (bicyclic) bond motifs is 1. The van der Waals surface area contributed by atoms with Crippen LogP contribution >= 0.6 is 11.8 Å². The van der Waals surface area contributed by atoms with E-state index in [1.165, 1.54) is 41.4 Å². The molecule has 0 bridgehead atoms. The Labute approximate surface area is 218 Å². The van der Waals surface area contributed by atoms with Gasteiger partial charge >= 0.3 is 5.97 Å². The fraction of sp³-hybridized carbons (Fsp3) is 0.276. The third-order valence-electron chi connectivity index (χ3n) is 6.80. The Morgan fingerprint density at radius 1 is 0.973 bits per heavy atom. The van der Waals surface area contributed by atoms with Gasteiger partial charge in [-0.2, -0.15) is 0 Å². The zero-order chi connectivity index (χ0) is 25.9. The largest absolute Gasteiger partial charge is 0.482 e. The van der Waals surface area contributed by atoms with Gasteiger partial charge in [0, 0.05) is 11.3 Å². The molecular formula is C29H26FNO5S. The van der Waals surface area contributed by atoms with E-state index in [2.05, 4.69) is 0 Å². The van der Waals surface area contributed by atoms with Crippen LogP contribution in [0, 0.1) is 5.82 Å². The molecule has 1 heterocycles. The molecule has 1 fully saturated rings. The molecule has 8 heteroatoms. The predicted molar refractivity (Wildman–Crippen MR) is 140 cm³/mol. The van der Waals surface area contributed by atoms with E-state index >= 15 is 0 Å². The number of Topliss-reactive ketones (excluding diaryl/α,β-unsaturated/α-hetero) is 1. The van der Waals surface area contributed by atoms with Gasteiger partial charge in [0.25, 0.3) is 0 Å². The first-order chi connectivity index (χ1) is 17.9. The number of carbonyl (C=O) groups excluding carboxylic acids is 2. The monoisotopic (exact) mass is 519 g/mol. The summed E-state index contributed by atoms with van der Waals surface area (Å²) >= 11 is 1.31. The molecule has 2 aliphatic rings. The Morgan fingerprint density at radius 2 is 1.68 bits per heavy atom. The summed E-state index contributed by atoms with van der Waals surface area (Å²) in [4.78, 5) is 38.6. The van der Waals surface area contributed by atoms with Gasteiger partial charge in [-0.3, -0.25) is 9.59 Å². The SMILES string of the molecule is O=C(O)COc1ccc([C@@H]2[C@@H](SCC(=O)c3ccc4c(c3)CCCC4)C(=O)N2c2ccc(F)cc2)cc1. The van der Waals surface area contributed by atoms with Crippen molar-refractivity contribution < 1.29 is 28.6 Å². The van der Waals surface area contributed by atoms with E-state index in [0.29, 0.717) is 17.0 Å². The highest BCUT2D eigenvalue weighted by atomic mass is 32.2. The summed E-state index contributed by atoms with van der Waals surface area (Å²) in [6.45, 7) is -0.452. The van der Waals surface area contributed by atoms with Crippen molar-refractivity contribution in [2.45, 2.75) is 37.0 Å². The smallest absolute Gasteiger partial charge is 0.341 e. The summed E-state index contributed by atoms with van der Waals surface area (Å²) in [6, 6.07) is 18.2. The molecule has 0 unspecified atom stereocenters. The van der Waals surface area contributed by atoms with Crippen molar-refractivity contribution in [2.24, 2.45) is 0 Å². The molecule has 1 saturated heterocycles. The Kier molecular flexibility index (Phi) is 7.28. The molecule has 6 nitrogen and oxygen atoms in total. The minimum Gasteiger partial charge on any atom is -0.482 e. The summed E-state index contributed by atoms with van der Waals surface area (Å²) in [5, 5.41) is 8.34. The fourth-order valence-corrected chi connectivity index (χ4v) is 6.12. The molecule has 1 N–H and O–H groups in total. The number of carboxylic acid groups (broad SMARTS) is 1. The topological polar surface area (TPSA) is 83.9 Å². The molecule has 1 aliphatic carbocycles. The lowest BCUT2D eigenvalue weighted by molar-refractivity contribution is -0.139. The van der Waals surface area contributed by atoms with Crippen LogP contribution < -0.4 is 9.64 Å². The Hall–Kier alpha value is -3.65. The lowest BCUT2D eigenvalue weighted by Gasteiger charge is -2.47. The second-order valence-electron chi connectivity index (χ2n) is 9.23. The first kappa shape index (κ1) is 25.0. The van der Waals surface area contributed by atoms with Crippen molar-refractivity contribution in [3.63, 3.8) is 0 Å². The second kappa shape index (κ2) is 10.8. The van der Waals surface area contributed by atoms with Crippen molar-refractivity contribution in [1.29, 1.82) is 0 Å². The van der Waals surface area contributed by atoms with Crippen molar-refractivity contribution in [3.05, 3.63) is 94.8 Å². The Bertz CT molecular complexity index is 1330. The summed E-state index contributed by atoms with van der Waals surface area (Å²) in [6.07, 6.45) is 4.36. The van der Waals surface area contributed by atoms with Crippen LogP contribution in [0.5, 0.6) is 5.75 Å². The van der Waals surface area contributed by atoms with Crippen molar-refractivity contribution in [1.82, 2.24) is 0 Å². The number of amides is 1. The standard InChI is InChI=1S/C29H26FNO5S/c30-22-9-11-23(12-10-22)31-27(19-7-13-24(14-8-19)36-16-26(33)34)28(29(31)35)37-17-25(32)21-6-5-18-3-1-2-4-20(18)15-21/h5-15,27-28H,1-4,16-17H2,(H,33,34)/t27-,28-/m1/s1. The molecule has 0 aromatic heterocycles. The molecule has 3 aromatic carbocycles. The number of carboxylic acids is 1. The van der Waals surface area contributed by atoms with Crippen LogP contribution in [-0.2, 0) is 22.4 Å². The first-order valence-electron chi connectivity index (χ1n) is 12.2. The fourth-order valence-electron chi connectivity index (χ4n) is 4.90.